The van der Waals surface area contributed by atoms with Gasteiger partial charge in [0.25, 0.3) is 0 Å². The van der Waals surface area contributed by atoms with Gasteiger partial charge in [-0.3, -0.25) is 14.6 Å². The number of carbonyl (C=O) groups is 2. The number of carbonyl (C=O) groups excluding carboxylic acids is 2. The van der Waals surface area contributed by atoms with E-state index in [1.54, 1.807) is 11.8 Å². The number of hydrogen-bond acceptors (Lipinski definition) is 4. The van der Waals surface area contributed by atoms with Gasteiger partial charge in [0.2, 0.25) is 11.8 Å². The number of likely N-dealkylation sites (tertiary alicyclic amines) is 1. The van der Waals surface area contributed by atoms with Gasteiger partial charge in [0, 0.05) is 12.3 Å². The van der Waals surface area contributed by atoms with E-state index in [0.717, 1.165) is 73.9 Å². The summed E-state index contributed by atoms with van der Waals surface area (Å²) in [6.07, 6.45) is 8.98. The molecule has 1 atom stereocenters. The maximum absolute atomic E-state index is 13.6. The van der Waals surface area contributed by atoms with Gasteiger partial charge in [-0.15, -0.1) is 0 Å². The Balaban J connectivity index is 1.33. The molecule has 4 aliphatic carbocycles. The maximum atomic E-state index is 13.6. The molecule has 6 aliphatic rings. The summed E-state index contributed by atoms with van der Waals surface area (Å²) in [5.74, 6) is 3.49. The van der Waals surface area contributed by atoms with E-state index in [4.69, 9.17) is 0 Å². The molecule has 2 amide bonds. The van der Waals surface area contributed by atoms with Crippen molar-refractivity contribution in [2.24, 2.45) is 28.2 Å². The van der Waals surface area contributed by atoms with Crippen LogP contribution in [-0.4, -0.2) is 46.8 Å². The third-order valence-electron chi connectivity index (χ3n) is 7.12. The minimum Gasteiger partial charge on any atom is -0.330 e. The molecule has 1 saturated heterocycles. The molecule has 5 nitrogen and oxygen atoms in total. The van der Waals surface area contributed by atoms with Crippen molar-refractivity contribution in [2.45, 2.75) is 57.4 Å². The first kappa shape index (κ1) is 16.2. The second-order valence-electron chi connectivity index (χ2n) is 8.88. The Kier molecular flexibility index (Phi) is 3.88. The fourth-order valence-electron chi connectivity index (χ4n) is 6.56. The lowest BCUT2D eigenvalue weighted by molar-refractivity contribution is -0.160. The molecule has 6 rings (SSSR count). The van der Waals surface area contributed by atoms with Crippen LogP contribution in [0.3, 0.4) is 0 Å². The van der Waals surface area contributed by atoms with Crippen LogP contribution in [0.5, 0.6) is 0 Å². The fraction of sp³-hybridized carbons (Fsp3) is 0.842. The number of rotatable bonds is 2. The van der Waals surface area contributed by atoms with Crippen molar-refractivity contribution in [3.05, 3.63) is 0 Å². The normalized spacial score (nSPS) is 41.9. The lowest BCUT2D eigenvalue weighted by Crippen LogP contribution is -2.57. The zero-order chi connectivity index (χ0) is 17.0. The van der Waals surface area contributed by atoms with Gasteiger partial charge in [-0.1, -0.05) is 11.8 Å². The first-order valence-corrected chi connectivity index (χ1v) is 10.9. The van der Waals surface area contributed by atoms with Crippen LogP contribution < -0.4 is 5.32 Å². The number of amidine groups is 1. The number of aliphatic imine (C=N–C) groups is 1. The molecule has 4 saturated carbocycles. The highest BCUT2D eigenvalue weighted by Gasteiger charge is 2.56. The molecule has 5 fully saturated rings. The summed E-state index contributed by atoms with van der Waals surface area (Å²) in [5, 5.41) is 3.69. The SMILES string of the molecule is O=C(NC1=NCCS1)C1CCCN1C(=O)C12CC3CC(CC(C3)C1)C2. The van der Waals surface area contributed by atoms with Crippen molar-refractivity contribution in [3.63, 3.8) is 0 Å². The van der Waals surface area contributed by atoms with Gasteiger partial charge in [0.05, 0.1) is 12.0 Å². The summed E-state index contributed by atoms with van der Waals surface area (Å²) in [4.78, 5) is 32.6. The lowest BCUT2D eigenvalue weighted by atomic mass is 9.49. The van der Waals surface area contributed by atoms with Crippen molar-refractivity contribution < 1.29 is 9.59 Å². The highest BCUT2D eigenvalue weighted by Crippen LogP contribution is 2.60. The average Bonchev–Trinajstić information content (AvgIpc) is 3.24. The van der Waals surface area contributed by atoms with Crippen molar-refractivity contribution in [2.75, 3.05) is 18.8 Å². The topological polar surface area (TPSA) is 61.8 Å². The molecule has 0 spiro atoms. The number of hydrogen-bond donors (Lipinski definition) is 1. The maximum Gasteiger partial charge on any atom is 0.248 e. The Morgan fingerprint density at radius 1 is 1.12 bits per heavy atom. The average molecular weight is 362 g/mol. The summed E-state index contributed by atoms with van der Waals surface area (Å²) >= 11 is 1.60. The highest BCUT2D eigenvalue weighted by molar-refractivity contribution is 8.14. The van der Waals surface area contributed by atoms with Crippen molar-refractivity contribution in [1.82, 2.24) is 10.2 Å². The van der Waals surface area contributed by atoms with Crippen molar-refractivity contribution in [3.8, 4) is 0 Å². The molecule has 4 bridgehead atoms. The van der Waals surface area contributed by atoms with Crippen LogP contribution in [-0.2, 0) is 9.59 Å². The number of amides is 2. The molecule has 6 heteroatoms. The van der Waals surface area contributed by atoms with Crippen LogP contribution in [0.4, 0.5) is 0 Å². The van der Waals surface area contributed by atoms with Gasteiger partial charge in [-0.2, -0.15) is 0 Å². The Morgan fingerprint density at radius 3 is 2.40 bits per heavy atom. The molecular weight excluding hydrogens is 334 g/mol. The third-order valence-corrected chi connectivity index (χ3v) is 8.02. The van der Waals surface area contributed by atoms with E-state index in [0.29, 0.717) is 5.91 Å². The second-order valence-corrected chi connectivity index (χ2v) is 9.96. The Morgan fingerprint density at radius 2 is 1.80 bits per heavy atom. The predicted octanol–water partition coefficient (Wildman–Crippen LogP) is 2.41. The first-order valence-electron chi connectivity index (χ1n) is 9.92. The van der Waals surface area contributed by atoms with Crippen LogP contribution >= 0.6 is 11.8 Å². The predicted molar refractivity (Wildman–Crippen MR) is 98.2 cm³/mol. The smallest absolute Gasteiger partial charge is 0.248 e. The molecule has 0 aromatic rings. The molecule has 1 N–H and O–H groups in total. The molecule has 136 valence electrons. The van der Waals surface area contributed by atoms with E-state index in [1.165, 1.54) is 19.3 Å². The van der Waals surface area contributed by atoms with Gasteiger partial charge < -0.3 is 10.2 Å². The Bertz CT molecular complexity index is 597. The van der Waals surface area contributed by atoms with E-state index in [1.807, 2.05) is 4.90 Å². The molecule has 25 heavy (non-hydrogen) atoms. The number of nitrogens with zero attached hydrogens (tertiary/aromatic N) is 2. The number of nitrogens with one attached hydrogen (secondary N) is 1. The van der Waals surface area contributed by atoms with E-state index in [2.05, 4.69) is 10.3 Å². The van der Waals surface area contributed by atoms with E-state index in [-0.39, 0.29) is 17.4 Å². The molecule has 2 aliphatic heterocycles. The fourth-order valence-corrected chi connectivity index (χ4v) is 7.29. The summed E-state index contributed by atoms with van der Waals surface area (Å²) in [7, 11) is 0. The van der Waals surface area contributed by atoms with Gasteiger partial charge in [-0.05, 0) is 69.1 Å². The van der Waals surface area contributed by atoms with Crippen LogP contribution in [0.2, 0.25) is 0 Å². The van der Waals surface area contributed by atoms with Crippen LogP contribution in [0.25, 0.3) is 0 Å². The Hall–Kier alpha value is -1.04. The number of thioether (sulfide) groups is 1. The quantitative estimate of drug-likeness (QED) is 0.822. The van der Waals surface area contributed by atoms with Gasteiger partial charge >= 0.3 is 0 Å². The van der Waals surface area contributed by atoms with E-state index < -0.39 is 0 Å². The van der Waals surface area contributed by atoms with E-state index >= 15 is 0 Å². The summed E-state index contributed by atoms with van der Waals surface area (Å²) in [5.41, 5.74) is -0.142. The van der Waals surface area contributed by atoms with Crippen molar-refractivity contribution in [1.29, 1.82) is 0 Å². The zero-order valence-corrected chi connectivity index (χ0v) is 15.5. The summed E-state index contributed by atoms with van der Waals surface area (Å²) < 4.78 is 0. The second kappa shape index (κ2) is 6.00. The third kappa shape index (κ3) is 2.71. The molecule has 1 unspecified atom stereocenters. The lowest BCUT2D eigenvalue weighted by Gasteiger charge is -2.56. The first-order chi connectivity index (χ1) is 12.1. The zero-order valence-electron chi connectivity index (χ0n) is 14.7. The van der Waals surface area contributed by atoms with Gasteiger partial charge in [-0.25, -0.2) is 0 Å². The monoisotopic (exact) mass is 361 g/mol. The van der Waals surface area contributed by atoms with Crippen LogP contribution in [0, 0.1) is 23.2 Å². The largest absolute Gasteiger partial charge is 0.330 e. The molecule has 0 aromatic carbocycles. The molecule has 0 aromatic heterocycles. The van der Waals surface area contributed by atoms with Gasteiger partial charge in [0.15, 0.2) is 5.17 Å². The molecular formula is C19H27N3O2S. The molecule has 2 heterocycles. The highest BCUT2D eigenvalue weighted by atomic mass is 32.2. The van der Waals surface area contributed by atoms with Gasteiger partial charge in [0.1, 0.15) is 6.04 Å². The van der Waals surface area contributed by atoms with Crippen molar-refractivity contribution >= 4 is 28.7 Å². The minimum atomic E-state index is -0.288. The summed E-state index contributed by atoms with van der Waals surface area (Å²) in [6, 6.07) is -0.288. The standard InChI is InChI=1S/C19H27N3O2S/c23-16(21-18-20-3-5-25-18)15-2-1-4-22(15)17(24)19-9-12-6-13(10-19)8-14(7-12)11-19/h12-15H,1-11H2,(H,20,21,23). The van der Waals surface area contributed by atoms with Crippen LogP contribution in [0.1, 0.15) is 51.4 Å². The summed E-state index contributed by atoms with van der Waals surface area (Å²) in [6.45, 7) is 1.53. The van der Waals surface area contributed by atoms with Crippen LogP contribution in [0.15, 0.2) is 4.99 Å². The Labute approximate surface area is 153 Å². The minimum absolute atomic E-state index is 0.0243. The molecule has 0 radical (unpaired) electrons. The van der Waals surface area contributed by atoms with E-state index in [9.17, 15) is 9.59 Å².